The summed E-state index contributed by atoms with van der Waals surface area (Å²) < 4.78 is 11.6. The fraction of sp³-hybridized carbons (Fsp3) is 0.682. The maximum Gasteiger partial charge on any atom is 0.312 e. The zero-order valence-corrected chi connectivity index (χ0v) is 16.9. The Morgan fingerprint density at radius 2 is 1.81 bits per heavy atom. The van der Waals surface area contributed by atoms with Gasteiger partial charge in [-0.3, -0.25) is 4.79 Å². The molecule has 27 heavy (non-hydrogen) atoms. The number of benzene rings is 1. The molecule has 0 aromatic heterocycles. The lowest BCUT2D eigenvalue weighted by atomic mass is 9.80. The van der Waals surface area contributed by atoms with E-state index in [-0.39, 0.29) is 5.97 Å². The Balaban J connectivity index is 2.13. The van der Waals surface area contributed by atoms with Crippen LogP contribution >= 0.6 is 0 Å². The van der Waals surface area contributed by atoms with E-state index in [0.717, 1.165) is 18.4 Å². The van der Waals surface area contributed by atoms with Crippen molar-refractivity contribution in [3.63, 3.8) is 0 Å². The zero-order chi connectivity index (χ0) is 19.9. The number of carbonyl (C=O) groups is 1. The third-order valence-electron chi connectivity index (χ3n) is 5.04. The standard InChI is InChI=1S/C22H35NO4/c1-22(2,3)27-21(25)18(14-16-10-6-4-7-11-16)19(20(23)24)26-15-17-12-8-5-9-13-17/h5,8-9,12-13,16,18-20,24H,4,6-7,10-11,14-15,23H2,1-3H3. The first-order chi connectivity index (χ1) is 12.8. The van der Waals surface area contributed by atoms with Crippen molar-refractivity contribution in [1.82, 2.24) is 0 Å². The van der Waals surface area contributed by atoms with Gasteiger partial charge in [0, 0.05) is 0 Å². The maximum absolute atomic E-state index is 12.9. The summed E-state index contributed by atoms with van der Waals surface area (Å²) in [7, 11) is 0. The van der Waals surface area contributed by atoms with Crippen molar-refractivity contribution in [1.29, 1.82) is 0 Å². The van der Waals surface area contributed by atoms with E-state index in [9.17, 15) is 9.90 Å². The van der Waals surface area contributed by atoms with Gasteiger partial charge in [-0.25, -0.2) is 0 Å². The third-order valence-corrected chi connectivity index (χ3v) is 5.04. The minimum Gasteiger partial charge on any atom is -0.460 e. The summed E-state index contributed by atoms with van der Waals surface area (Å²) >= 11 is 0. The number of hydrogen-bond donors (Lipinski definition) is 2. The van der Waals surface area contributed by atoms with Crippen LogP contribution in [0.2, 0.25) is 0 Å². The molecule has 0 amide bonds. The molecule has 0 heterocycles. The molecule has 3 N–H and O–H groups in total. The molecule has 0 saturated heterocycles. The first-order valence-electron chi connectivity index (χ1n) is 10.1. The molecule has 0 aliphatic heterocycles. The van der Waals surface area contributed by atoms with Gasteiger partial charge in [-0.05, 0) is 38.7 Å². The smallest absolute Gasteiger partial charge is 0.312 e. The summed E-state index contributed by atoms with van der Waals surface area (Å²) in [4.78, 5) is 12.9. The van der Waals surface area contributed by atoms with Gasteiger partial charge in [-0.1, -0.05) is 62.4 Å². The van der Waals surface area contributed by atoms with Gasteiger partial charge < -0.3 is 20.3 Å². The summed E-state index contributed by atoms with van der Waals surface area (Å²) in [5.41, 5.74) is 6.22. The van der Waals surface area contributed by atoms with E-state index >= 15 is 0 Å². The SMILES string of the molecule is CC(C)(C)OC(=O)C(CC1CCCCC1)C(OCc1ccccc1)C(N)O. The van der Waals surface area contributed by atoms with Crippen LogP contribution < -0.4 is 5.73 Å². The van der Waals surface area contributed by atoms with Crippen molar-refractivity contribution in [3.05, 3.63) is 35.9 Å². The normalized spacial score (nSPS) is 19.3. The first-order valence-corrected chi connectivity index (χ1v) is 10.1. The van der Waals surface area contributed by atoms with Crippen LogP contribution in [0.25, 0.3) is 0 Å². The highest BCUT2D eigenvalue weighted by Crippen LogP contribution is 2.32. The summed E-state index contributed by atoms with van der Waals surface area (Å²) in [6, 6.07) is 9.69. The number of carbonyl (C=O) groups excluding carboxylic acids is 1. The van der Waals surface area contributed by atoms with Crippen LogP contribution in [0.15, 0.2) is 30.3 Å². The topological polar surface area (TPSA) is 81.8 Å². The van der Waals surface area contributed by atoms with Crippen molar-refractivity contribution in [2.75, 3.05) is 0 Å². The number of nitrogens with two attached hydrogens (primary N) is 1. The number of hydrogen-bond acceptors (Lipinski definition) is 5. The van der Waals surface area contributed by atoms with Crippen LogP contribution in [0.5, 0.6) is 0 Å². The van der Waals surface area contributed by atoms with Crippen molar-refractivity contribution >= 4 is 5.97 Å². The quantitative estimate of drug-likeness (QED) is 0.532. The summed E-state index contributed by atoms with van der Waals surface area (Å²) in [5.74, 6) is -0.468. The number of esters is 1. The van der Waals surface area contributed by atoms with E-state index in [1.54, 1.807) is 0 Å². The molecule has 1 aromatic carbocycles. The predicted octanol–water partition coefficient (Wildman–Crippen LogP) is 3.78. The molecule has 0 bridgehead atoms. The van der Waals surface area contributed by atoms with Gasteiger partial charge >= 0.3 is 5.97 Å². The van der Waals surface area contributed by atoms with Crippen LogP contribution in [-0.4, -0.2) is 29.0 Å². The largest absolute Gasteiger partial charge is 0.460 e. The van der Waals surface area contributed by atoms with E-state index in [2.05, 4.69) is 0 Å². The molecular formula is C22H35NO4. The van der Waals surface area contributed by atoms with Crippen LogP contribution in [0.3, 0.4) is 0 Å². The molecule has 152 valence electrons. The Morgan fingerprint density at radius 1 is 1.19 bits per heavy atom. The van der Waals surface area contributed by atoms with Crippen molar-refractivity contribution < 1.29 is 19.4 Å². The molecule has 3 unspecified atom stereocenters. The van der Waals surface area contributed by atoms with Gasteiger partial charge in [-0.2, -0.15) is 0 Å². The lowest BCUT2D eigenvalue weighted by Crippen LogP contribution is -2.47. The molecule has 1 saturated carbocycles. The Bertz CT molecular complexity index is 561. The highest BCUT2D eigenvalue weighted by Gasteiger charge is 2.38. The molecule has 1 aliphatic rings. The molecule has 2 rings (SSSR count). The average molecular weight is 378 g/mol. The Labute approximate surface area is 163 Å². The van der Waals surface area contributed by atoms with Crippen molar-refractivity contribution in [3.8, 4) is 0 Å². The molecule has 1 aliphatic carbocycles. The fourth-order valence-corrected chi connectivity index (χ4v) is 3.74. The Hall–Kier alpha value is -1.43. The molecule has 3 atom stereocenters. The van der Waals surface area contributed by atoms with Gasteiger partial charge in [0.05, 0.1) is 12.5 Å². The second kappa shape index (κ2) is 10.2. The van der Waals surface area contributed by atoms with Gasteiger partial charge in [0.2, 0.25) is 0 Å². The van der Waals surface area contributed by atoms with E-state index in [1.807, 2.05) is 51.1 Å². The third kappa shape index (κ3) is 7.60. The molecule has 1 aromatic rings. The van der Waals surface area contributed by atoms with Crippen LogP contribution in [0.4, 0.5) is 0 Å². The highest BCUT2D eigenvalue weighted by atomic mass is 16.6. The summed E-state index contributed by atoms with van der Waals surface area (Å²) in [6.07, 6.45) is 4.44. The van der Waals surface area contributed by atoms with Gasteiger partial charge in [0.15, 0.2) is 0 Å². The lowest BCUT2D eigenvalue weighted by molar-refractivity contribution is -0.172. The van der Waals surface area contributed by atoms with Crippen molar-refractivity contribution in [2.45, 2.75) is 83.8 Å². The maximum atomic E-state index is 12.9. The lowest BCUT2D eigenvalue weighted by Gasteiger charge is -2.33. The van der Waals surface area contributed by atoms with Crippen LogP contribution in [0, 0.1) is 11.8 Å². The molecular weight excluding hydrogens is 342 g/mol. The number of ether oxygens (including phenoxy) is 2. The van der Waals surface area contributed by atoms with E-state index < -0.39 is 23.9 Å². The Kier molecular flexibility index (Phi) is 8.27. The second-order valence-corrected chi connectivity index (χ2v) is 8.63. The minimum absolute atomic E-state index is 0.295. The van der Waals surface area contributed by atoms with E-state index in [1.165, 1.54) is 19.3 Å². The minimum atomic E-state index is -1.24. The van der Waals surface area contributed by atoms with Gasteiger partial charge in [0.1, 0.15) is 17.9 Å². The van der Waals surface area contributed by atoms with E-state index in [0.29, 0.717) is 18.9 Å². The predicted molar refractivity (Wildman–Crippen MR) is 106 cm³/mol. The second-order valence-electron chi connectivity index (χ2n) is 8.63. The van der Waals surface area contributed by atoms with Gasteiger partial charge in [-0.15, -0.1) is 0 Å². The molecule has 5 heteroatoms. The number of aliphatic hydroxyl groups is 1. The Morgan fingerprint density at radius 3 is 2.37 bits per heavy atom. The molecule has 0 radical (unpaired) electrons. The monoisotopic (exact) mass is 377 g/mol. The summed E-state index contributed by atoms with van der Waals surface area (Å²) in [6.45, 7) is 5.84. The molecule has 1 fully saturated rings. The number of rotatable bonds is 8. The fourth-order valence-electron chi connectivity index (χ4n) is 3.74. The zero-order valence-electron chi connectivity index (χ0n) is 16.9. The first kappa shape index (κ1) is 21.9. The van der Waals surface area contributed by atoms with Crippen LogP contribution in [-0.2, 0) is 20.9 Å². The number of aliphatic hydroxyl groups excluding tert-OH is 1. The highest BCUT2D eigenvalue weighted by molar-refractivity contribution is 5.73. The molecule has 0 spiro atoms. The van der Waals surface area contributed by atoms with Crippen molar-refractivity contribution in [2.24, 2.45) is 17.6 Å². The molecule has 5 nitrogen and oxygen atoms in total. The average Bonchev–Trinajstić information content (AvgIpc) is 2.61. The van der Waals surface area contributed by atoms with E-state index in [4.69, 9.17) is 15.2 Å². The van der Waals surface area contributed by atoms with Crippen LogP contribution in [0.1, 0.15) is 64.9 Å². The summed E-state index contributed by atoms with van der Waals surface area (Å²) in [5, 5.41) is 10.2. The van der Waals surface area contributed by atoms with Gasteiger partial charge in [0.25, 0.3) is 0 Å².